The number of hydrogen-bond acceptors (Lipinski definition) is 6. The highest BCUT2D eigenvalue weighted by molar-refractivity contribution is 5.90. The quantitative estimate of drug-likeness (QED) is 0.552. The fraction of sp³-hybridized carbons (Fsp3) is 0.417. The lowest BCUT2D eigenvalue weighted by atomic mass is 10.2. The second-order valence-electron chi connectivity index (χ2n) is 4.80. The number of aromatic amines is 1. The van der Waals surface area contributed by atoms with E-state index < -0.39 is 24.0 Å². The normalized spacial score (nSPS) is 25.3. The molecular formula is C12H13N5O4. The molecule has 1 fully saturated rings. The van der Waals surface area contributed by atoms with E-state index in [0.29, 0.717) is 0 Å². The molecule has 1 aliphatic rings. The molecule has 2 aromatic heterocycles. The van der Waals surface area contributed by atoms with E-state index in [1.54, 1.807) is 0 Å². The van der Waals surface area contributed by atoms with Crippen molar-refractivity contribution in [3.8, 4) is 0 Å². The van der Waals surface area contributed by atoms with Crippen molar-refractivity contribution >= 4 is 22.7 Å². The van der Waals surface area contributed by atoms with E-state index in [-0.39, 0.29) is 35.7 Å². The third-order valence-electron chi connectivity index (χ3n) is 3.50. The predicted octanol–water partition coefficient (Wildman–Crippen LogP) is -0.502. The Hall–Kier alpha value is -2.41. The molecule has 0 aromatic carbocycles. The molecule has 9 heteroatoms. The first-order valence-electron chi connectivity index (χ1n) is 6.27. The fourth-order valence-corrected chi connectivity index (χ4v) is 2.51. The summed E-state index contributed by atoms with van der Waals surface area (Å²) in [7, 11) is 0. The van der Waals surface area contributed by atoms with Gasteiger partial charge < -0.3 is 25.3 Å². The van der Waals surface area contributed by atoms with Gasteiger partial charge >= 0.3 is 0 Å². The molecule has 1 aliphatic heterocycles. The Bertz CT molecular complexity index is 789. The minimum absolute atomic E-state index is 0.0689. The summed E-state index contributed by atoms with van der Waals surface area (Å²) in [5, 5.41) is 19.0. The lowest BCUT2D eigenvalue weighted by Gasteiger charge is -2.14. The number of ether oxygens (including phenoxy) is 1. The first-order valence-corrected chi connectivity index (χ1v) is 6.27. The van der Waals surface area contributed by atoms with Crippen LogP contribution in [-0.4, -0.2) is 43.6 Å². The van der Waals surface area contributed by atoms with Crippen molar-refractivity contribution in [2.75, 3.05) is 12.3 Å². The zero-order valence-corrected chi connectivity index (χ0v) is 10.9. The molecule has 0 amide bonds. The summed E-state index contributed by atoms with van der Waals surface area (Å²) >= 11 is 0. The molecule has 0 bridgehead atoms. The summed E-state index contributed by atoms with van der Waals surface area (Å²) in [4.78, 5) is 21.6. The molecule has 110 valence electrons. The highest BCUT2D eigenvalue weighted by Gasteiger charge is 2.35. The fourth-order valence-electron chi connectivity index (χ4n) is 2.51. The maximum Gasteiger partial charge on any atom is 0.251 e. The molecule has 9 nitrogen and oxygen atoms in total. The van der Waals surface area contributed by atoms with E-state index in [1.165, 1.54) is 10.8 Å². The van der Waals surface area contributed by atoms with Crippen LogP contribution in [0.3, 0.4) is 0 Å². The van der Waals surface area contributed by atoms with E-state index in [9.17, 15) is 9.90 Å². The maximum absolute atomic E-state index is 11.9. The van der Waals surface area contributed by atoms with Gasteiger partial charge in [0, 0.05) is 12.6 Å². The Morgan fingerprint density at radius 2 is 2.43 bits per heavy atom. The summed E-state index contributed by atoms with van der Waals surface area (Å²) < 4.78 is 7.01. The molecule has 2 aromatic rings. The lowest BCUT2D eigenvalue weighted by Crippen LogP contribution is -2.24. The van der Waals surface area contributed by atoms with Crippen molar-refractivity contribution < 1.29 is 14.9 Å². The SMILES string of the molecule is [C-]#[N+]c1cn(C2CC(O)C(CO)O2)c2nc(N)[nH]c(=O)c12. The molecule has 3 heterocycles. The smallest absolute Gasteiger partial charge is 0.251 e. The number of nitrogens with one attached hydrogen (secondary N) is 1. The van der Waals surface area contributed by atoms with Crippen LogP contribution in [-0.2, 0) is 4.74 Å². The summed E-state index contributed by atoms with van der Waals surface area (Å²) in [5.41, 5.74) is 5.38. The number of fused-ring (bicyclic) bond motifs is 1. The number of rotatable bonds is 2. The molecule has 5 N–H and O–H groups in total. The van der Waals surface area contributed by atoms with E-state index in [0.717, 1.165) is 0 Å². The summed E-state index contributed by atoms with van der Waals surface area (Å²) in [6, 6.07) is 0. The van der Waals surface area contributed by atoms with Crippen molar-refractivity contribution in [2.45, 2.75) is 24.9 Å². The van der Waals surface area contributed by atoms with E-state index >= 15 is 0 Å². The van der Waals surface area contributed by atoms with Gasteiger partial charge in [-0.1, -0.05) is 0 Å². The van der Waals surface area contributed by atoms with Gasteiger partial charge in [-0.15, -0.1) is 0 Å². The van der Waals surface area contributed by atoms with Crippen LogP contribution in [0.1, 0.15) is 12.6 Å². The van der Waals surface area contributed by atoms with Crippen molar-refractivity contribution in [2.24, 2.45) is 0 Å². The summed E-state index contributed by atoms with van der Waals surface area (Å²) in [6.07, 6.45) is -0.489. The number of nitrogens with two attached hydrogens (primary N) is 1. The Labute approximate surface area is 118 Å². The third-order valence-corrected chi connectivity index (χ3v) is 3.50. The van der Waals surface area contributed by atoms with Gasteiger partial charge in [-0.3, -0.25) is 9.78 Å². The van der Waals surface area contributed by atoms with Crippen LogP contribution in [0, 0.1) is 6.57 Å². The standard InChI is InChI=1S/C12H13N5O4/c1-14-5-3-17(8-2-6(19)7(4-18)21-8)10-9(5)11(20)16-12(13)15-10/h3,6-8,18-19H,2,4H2,(H3,13,15,16,20). The molecule has 3 atom stereocenters. The Balaban J connectivity index is 2.16. The molecule has 0 saturated carbocycles. The molecule has 21 heavy (non-hydrogen) atoms. The predicted molar refractivity (Wildman–Crippen MR) is 72.6 cm³/mol. The highest BCUT2D eigenvalue weighted by atomic mass is 16.5. The second kappa shape index (κ2) is 4.85. The highest BCUT2D eigenvalue weighted by Crippen LogP contribution is 2.34. The Kier molecular flexibility index (Phi) is 3.13. The first-order chi connectivity index (χ1) is 10.0. The number of nitrogen functional groups attached to an aromatic ring is 1. The number of aliphatic hydroxyl groups excluding tert-OH is 2. The van der Waals surface area contributed by atoms with Gasteiger partial charge in [0.1, 0.15) is 18.0 Å². The van der Waals surface area contributed by atoms with Crippen LogP contribution in [0.4, 0.5) is 11.6 Å². The average Bonchev–Trinajstić information content (AvgIpc) is 2.98. The third kappa shape index (κ3) is 2.06. The van der Waals surface area contributed by atoms with Gasteiger partial charge in [0.15, 0.2) is 0 Å². The number of nitrogens with zero attached hydrogens (tertiary/aromatic N) is 3. The van der Waals surface area contributed by atoms with E-state index in [2.05, 4.69) is 14.8 Å². The van der Waals surface area contributed by atoms with Gasteiger partial charge in [-0.05, 0) is 0 Å². The molecule has 3 unspecified atom stereocenters. The van der Waals surface area contributed by atoms with Crippen molar-refractivity contribution in [3.05, 3.63) is 28.0 Å². The van der Waals surface area contributed by atoms with Crippen LogP contribution in [0.5, 0.6) is 0 Å². The van der Waals surface area contributed by atoms with Crippen molar-refractivity contribution in [1.82, 2.24) is 14.5 Å². The number of anilines is 1. The second-order valence-corrected chi connectivity index (χ2v) is 4.80. The molecule has 0 aliphatic carbocycles. The number of aliphatic hydroxyl groups is 2. The van der Waals surface area contributed by atoms with E-state index in [4.69, 9.17) is 22.1 Å². The van der Waals surface area contributed by atoms with Crippen LogP contribution in [0.25, 0.3) is 15.9 Å². The van der Waals surface area contributed by atoms with Gasteiger partial charge in [0.05, 0.1) is 24.7 Å². The molecule has 1 saturated heterocycles. The molecular weight excluding hydrogens is 278 g/mol. The topological polar surface area (TPSA) is 131 Å². The van der Waals surface area contributed by atoms with Crippen molar-refractivity contribution in [3.63, 3.8) is 0 Å². The molecule has 0 radical (unpaired) electrons. The van der Waals surface area contributed by atoms with Crippen LogP contribution in [0.15, 0.2) is 11.0 Å². The van der Waals surface area contributed by atoms with Crippen LogP contribution < -0.4 is 11.3 Å². The van der Waals surface area contributed by atoms with Gasteiger partial charge in [0.2, 0.25) is 11.6 Å². The number of hydrogen-bond donors (Lipinski definition) is 4. The summed E-state index contributed by atoms with van der Waals surface area (Å²) in [6.45, 7) is 6.83. The maximum atomic E-state index is 11.9. The lowest BCUT2D eigenvalue weighted by molar-refractivity contribution is -0.0430. The van der Waals surface area contributed by atoms with Gasteiger partial charge in [-0.25, -0.2) is 4.85 Å². The zero-order valence-electron chi connectivity index (χ0n) is 10.9. The van der Waals surface area contributed by atoms with Gasteiger partial charge in [-0.2, -0.15) is 4.98 Å². The van der Waals surface area contributed by atoms with Gasteiger partial charge in [0.25, 0.3) is 5.56 Å². The molecule has 3 rings (SSSR count). The van der Waals surface area contributed by atoms with Crippen molar-refractivity contribution in [1.29, 1.82) is 0 Å². The van der Waals surface area contributed by atoms with E-state index in [1.807, 2.05) is 0 Å². The molecule has 0 spiro atoms. The number of H-pyrrole nitrogens is 1. The largest absolute Gasteiger partial charge is 0.394 e. The van der Waals surface area contributed by atoms with Crippen LogP contribution >= 0.6 is 0 Å². The minimum atomic E-state index is -0.826. The average molecular weight is 291 g/mol. The number of aromatic nitrogens is 3. The Morgan fingerprint density at radius 1 is 1.67 bits per heavy atom. The van der Waals surface area contributed by atoms with Crippen LogP contribution in [0.2, 0.25) is 0 Å². The zero-order chi connectivity index (χ0) is 15.1. The Morgan fingerprint density at radius 3 is 3.05 bits per heavy atom. The first kappa shape index (κ1) is 13.6. The monoisotopic (exact) mass is 291 g/mol. The summed E-state index contributed by atoms with van der Waals surface area (Å²) in [5.74, 6) is -0.0689. The minimum Gasteiger partial charge on any atom is -0.394 e.